The Hall–Kier alpha value is -3.15. The first kappa shape index (κ1) is 17.0. The molecule has 142 valence electrons. The third kappa shape index (κ3) is 3.38. The van der Waals surface area contributed by atoms with Crippen LogP contribution >= 0.6 is 0 Å². The molecule has 1 aromatic heterocycles. The van der Waals surface area contributed by atoms with Crippen molar-refractivity contribution in [2.75, 3.05) is 10.6 Å². The van der Waals surface area contributed by atoms with Crippen LogP contribution in [-0.2, 0) is 4.79 Å². The van der Waals surface area contributed by atoms with Crippen LogP contribution in [0.15, 0.2) is 46.9 Å². The summed E-state index contributed by atoms with van der Waals surface area (Å²) in [4.78, 5) is 29.3. The van der Waals surface area contributed by atoms with Crippen molar-refractivity contribution < 1.29 is 14.0 Å². The fourth-order valence-corrected chi connectivity index (χ4v) is 3.39. The smallest absolute Gasteiger partial charge is 0.255 e. The van der Waals surface area contributed by atoms with Gasteiger partial charge in [-0.3, -0.25) is 9.59 Å². The van der Waals surface area contributed by atoms with Gasteiger partial charge in [-0.2, -0.15) is 0 Å². The van der Waals surface area contributed by atoms with Crippen molar-refractivity contribution in [3.05, 3.63) is 53.9 Å². The number of anilines is 2. The van der Waals surface area contributed by atoms with Gasteiger partial charge in [0.15, 0.2) is 11.5 Å². The molecule has 6 heteroatoms. The molecule has 2 aliphatic rings. The minimum Gasteiger partial charge on any atom is -0.440 e. The van der Waals surface area contributed by atoms with Gasteiger partial charge >= 0.3 is 0 Å². The second-order valence-corrected chi connectivity index (χ2v) is 7.85. The molecular weight excluding hydrogens is 354 g/mol. The number of oxazole rings is 1. The molecule has 2 fully saturated rings. The molecule has 0 radical (unpaired) electrons. The fourth-order valence-electron chi connectivity index (χ4n) is 3.39. The molecule has 2 atom stereocenters. The Kier molecular flexibility index (Phi) is 3.93. The molecule has 28 heavy (non-hydrogen) atoms. The van der Waals surface area contributed by atoms with E-state index in [1.54, 1.807) is 24.3 Å². The minimum absolute atomic E-state index is 0.0213. The van der Waals surface area contributed by atoms with Crippen molar-refractivity contribution in [2.24, 2.45) is 11.8 Å². The lowest BCUT2D eigenvalue weighted by molar-refractivity contribution is -0.117. The molecular formula is C22H21N3O3. The Morgan fingerprint density at radius 3 is 2.61 bits per heavy atom. The number of aromatic nitrogens is 1. The minimum atomic E-state index is -0.235. The van der Waals surface area contributed by atoms with E-state index >= 15 is 0 Å². The SMILES string of the molecule is C[C@@H]1C[C@@H]1C(=O)Nc1cccc(C(=O)Nc2ccc3oc(C4CC4)nc3c2)c1. The van der Waals surface area contributed by atoms with Crippen LogP contribution in [0.4, 0.5) is 11.4 Å². The number of benzene rings is 2. The van der Waals surface area contributed by atoms with Gasteiger partial charge < -0.3 is 15.1 Å². The summed E-state index contributed by atoms with van der Waals surface area (Å²) in [5, 5.41) is 5.79. The number of amides is 2. The zero-order valence-corrected chi connectivity index (χ0v) is 15.6. The van der Waals surface area contributed by atoms with Gasteiger partial charge in [0.2, 0.25) is 5.91 Å². The van der Waals surface area contributed by atoms with Crippen molar-refractivity contribution in [1.29, 1.82) is 0 Å². The molecule has 0 unspecified atom stereocenters. The summed E-state index contributed by atoms with van der Waals surface area (Å²) < 4.78 is 5.76. The number of nitrogens with zero attached hydrogens (tertiary/aromatic N) is 1. The molecule has 3 aromatic rings. The van der Waals surface area contributed by atoms with Gasteiger partial charge in [0.1, 0.15) is 5.52 Å². The highest BCUT2D eigenvalue weighted by molar-refractivity contribution is 6.06. The molecule has 2 N–H and O–H groups in total. The van der Waals surface area contributed by atoms with Crippen molar-refractivity contribution in [2.45, 2.75) is 32.1 Å². The van der Waals surface area contributed by atoms with Crippen LogP contribution < -0.4 is 10.6 Å². The second kappa shape index (κ2) is 6.48. The number of fused-ring (bicyclic) bond motifs is 1. The molecule has 0 saturated heterocycles. The average Bonchev–Trinajstić information content (AvgIpc) is 3.60. The van der Waals surface area contributed by atoms with Gasteiger partial charge in [0, 0.05) is 28.8 Å². The van der Waals surface area contributed by atoms with E-state index in [1.807, 2.05) is 18.2 Å². The van der Waals surface area contributed by atoms with Crippen LogP contribution in [0.25, 0.3) is 11.1 Å². The van der Waals surface area contributed by atoms with Crippen molar-refractivity contribution in [3.63, 3.8) is 0 Å². The van der Waals surface area contributed by atoms with Gasteiger partial charge in [0.25, 0.3) is 5.91 Å². The maximum Gasteiger partial charge on any atom is 0.255 e. The molecule has 2 aromatic carbocycles. The number of hydrogen-bond acceptors (Lipinski definition) is 4. The van der Waals surface area contributed by atoms with Crippen molar-refractivity contribution in [1.82, 2.24) is 4.98 Å². The molecule has 5 rings (SSSR count). The molecule has 0 bridgehead atoms. The number of carbonyl (C=O) groups excluding carboxylic acids is 2. The predicted molar refractivity (Wildman–Crippen MR) is 106 cm³/mol. The average molecular weight is 375 g/mol. The van der Waals surface area contributed by atoms with Gasteiger partial charge in [-0.1, -0.05) is 13.0 Å². The maximum atomic E-state index is 12.6. The topological polar surface area (TPSA) is 84.2 Å². The second-order valence-electron chi connectivity index (χ2n) is 7.85. The van der Waals surface area contributed by atoms with Crippen LogP contribution in [-0.4, -0.2) is 16.8 Å². The summed E-state index contributed by atoms with van der Waals surface area (Å²) in [6.45, 7) is 2.06. The lowest BCUT2D eigenvalue weighted by atomic mass is 10.1. The van der Waals surface area contributed by atoms with E-state index < -0.39 is 0 Å². The third-order valence-electron chi connectivity index (χ3n) is 5.43. The monoisotopic (exact) mass is 375 g/mol. The summed E-state index contributed by atoms with van der Waals surface area (Å²) >= 11 is 0. The van der Waals surface area contributed by atoms with Crippen LogP contribution in [0.2, 0.25) is 0 Å². The van der Waals surface area contributed by atoms with Crippen molar-refractivity contribution in [3.8, 4) is 0 Å². The van der Waals surface area contributed by atoms with Crippen LogP contribution in [0.3, 0.4) is 0 Å². The van der Waals surface area contributed by atoms with Crippen LogP contribution in [0.5, 0.6) is 0 Å². The molecule has 2 saturated carbocycles. The number of nitrogens with one attached hydrogen (secondary N) is 2. The lowest BCUT2D eigenvalue weighted by Crippen LogP contribution is -2.16. The predicted octanol–water partition coefficient (Wildman–Crippen LogP) is 4.55. The first-order valence-corrected chi connectivity index (χ1v) is 9.69. The fraction of sp³-hybridized carbons (Fsp3) is 0.318. The highest BCUT2D eigenvalue weighted by atomic mass is 16.3. The largest absolute Gasteiger partial charge is 0.440 e. The highest BCUT2D eigenvalue weighted by Crippen LogP contribution is 2.41. The molecule has 0 spiro atoms. The molecule has 2 amide bonds. The van der Waals surface area contributed by atoms with Gasteiger partial charge in [-0.15, -0.1) is 0 Å². The quantitative estimate of drug-likeness (QED) is 0.685. The Labute approximate surface area is 162 Å². The van der Waals surface area contributed by atoms with E-state index in [1.165, 1.54) is 0 Å². The van der Waals surface area contributed by atoms with E-state index in [2.05, 4.69) is 22.5 Å². The zero-order valence-electron chi connectivity index (χ0n) is 15.6. The van der Waals surface area contributed by atoms with E-state index in [0.29, 0.717) is 28.8 Å². The Balaban J connectivity index is 1.30. The van der Waals surface area contributed by atoms with E-state index in [0.717, 1.165) is 36.3 Å². The summed E-state index contributed by atoms with van der Waals surface area (Å²) in [5.74, 6) is 1.55. The Morgan fingerprint density at radius 2 is 1.86 bits per heavy atom. The van der Waals surface area contributed by atoms with Crippen LogP contribution in [0, 0.1) is 11.8 Å². The normalized spacial score (nSPS) is 20.8. The first-order chi connectivity index (χ1) is 13.6. The van der Waals surface area contributed by atoms with E-state index in [-0.39, 0.29) is 17.7 Å². The number of rotatable bonds is 5. The molecule has 0 aliphatic heterocycles. The summed E-state index contributed by atoms with van der Waals surface area (Å²) in [5.41, 5.74) is 3.27. The summed E-state index contributed by atoms with van der Waals surface area (Å²) in [6.07, 6.45) is 3.19. The molecule has 6 nitrogen and oxygen atoms in total. The van der Waals surface area contributed by atoms with Gasteiger partial charge in [0.05, 0.1) is 0 Å². The molecule has 2 aliphatic carbocycles. The highest BCUT2D eigenvalue weighted by Gasteiger charge is 2.39. The maximum absolute atomic E-state index is 12.6. The lowest BCUT2D eigenvalue weighted by Gasteiger charge is -2.08. The van der Waals surface area contributed by atoms with E-state index in [4.69, 9.17) is 4.42 Å². The third-order valence-corrected chi connectivity index (χ3v) is 5.43. The summed E-state index contributed by atoms with van der Waals surface area (Å²) in [7, 11) is 0. The van der Waals surface area contributed by atoms with Gasteiger partial charge in [-0.05, 0) is 61.6 Å². The zero-order chi connectivity index (χ0) is 19.3. The van der Waals surface area contributed by atoms with Gasteiger partial charge in [-0.25, -0.2) is 4.98 Å². The standard InChI is InChI=1S/C22H21N3O3/c1-12-9-17(12)21(27)24-15-4-2-3-14(10-15)20(26)23-16-7-8-19-18(11-16)25-22(28-19)13-5-6-13/h2-4,7-8,10-13,17H,5-6,9H2,1H3,(H,23,26)(H,24,27)/t12-,17+/m1/s1. The van der Waals surface area contributed by atoms with Crippen LogP contribution in [0.1, 0.15) is 48.4 Å². The van der Waals surface area contributed by atoms with E-state index in [9.17, 15) is 9.59 Å². The number of hydrogen-bond donors (Lipinski definition) is 2. The Morgan fingerprint density at radius 1 is 1.07 bits per heavy atom. The van der Waals surface area contributed by atoms with Crippen molar-refractivity contribution >= 4 is 34.3 Å². The first-order valence-electron chi connectivity index (χ1n) is 9.69. The summed E-state index contributed by atoms with van der Waals surface area (Å²) in [6, 6.07) is 12.4. The Bertz CT molecular complexity index is 1080. The number of carbonyl (C=O) groups is 2. The molecule has 1 heterocycles.